The maximum absolute atomic E-state index is 12.9. The number of piperazine rings is 1. The quantitative estimate of drug-likeness (QED) is 0.271. The van der Waals surface area contributed by atoms with Gasteiger partial charge in [-0.1, -0.05) is 30.3 Å². The number of carbonyl (C=O) groups excluding carboxylic acids is 1. The van der Waals surface area contributed by atoms with E-state index in [0.717, 1.165) is 17.3 Å². The monoisotopic (exact) mass is 647 g/mol. The van der Waals surface area contributed by atoms with Crippen LogP contribution in [0.1, 0.15) is 19.4 Å². The van der Waals surface area contributed by atoms with Crippen molar-refractivity contribution in [1.29, 1.82) is 0 Å². The van der Waals surface area contributed by atoms with Crippen LogP contribution in [0.5, 0.6) is 0 Å². The van der Waals surface area contributed by atoms with Crippen LogP contribution in [0.25, 0.3) is 0 Å². The standard InChI is InChI=1S/C28H34ClN7O5S2/c1-6-26(37)31-23-16-22(19(4)15-24(23)35-11-13-36(14-12-35)42(5,38)39)33-28-30-17-20(29)27(34-28)32-21-9-7-8-10-25(21)43(40,41)18(2)3/h6-10,15-18H,1,11-14H2,2-5H3,(H,31,37)(H2,30,32,33,34). The Labute approximate surface area is 257 Å². The van der Waals surface area contributed by atoms with Gasteiger partial charge in [-0.2, -0.15) is 9.29 Å². The lowest BCUT2D eigenvalue weighted by atomic mass is 10.1. The minimum atomic E-state index is -3.59. The predicted molar refractivity (Wildman–Crippen MR) is 171 cm³/mol. The molecule has 0 saturated carbocycles. The Morgan fingerprint density at radius 3 is 2.33 bits per heavy atom. The molecule has 0 unspecified atom stereocenters. The Balaban J connectivity index is 1.64. The van der Waals surface area contributed by atoms with Gasteiger partial charge in [-0.15, -0.1) is 0 Å². The summed E-state index contributed by atoms with van der Waals surface area (Å²) in [5.41, 5.74) is 2.95. The number of benzene rings is 2. The summed E-state index contributed by atoms with van der Waals surface area (Å²) in [7, 11) is -6.89. The van der Waals surface area contributed by atoms with Gasteiger partial charge in [0.15, 0.2) is 15.7 Å². The van der Waals surface area contributed by atoms with E-state index in [0.29, 0.717) is 43.2 Å². The largest absolute Gasteiger partial charge is 0.367 e. The summed E-state index contributed by atoms with van der Waals surface area (Å²) in [5, 5.41) is 8.57. The summed E-state index contributed by atoms with van der Waals surface area (Å²) in [5.74, 6) is -0.0337. The molecule has 2 heterocycles. The Morgan fingerprint density at radius 1 is 1.02 bits per heavy atom. The number of hydrogen-bond donors (Lipinski definition) is 3. The molecule has 1 aliphatic rings. The zero-order chi connectivity index (χ0) is 31.5. The number of nitrogens with one attached hydrogen (secondary N) is 3. The molecule has 1 aromatic heterocycles. The minimum absolute atomic E-state index is 0.126. The molecule has 12 nitrogen and oxygen atoms in total. The number of aromatic nitrogens is 2. The number of nitrogens with zero attached hydrogens (tertiary/aromatic N) is 4. The van der Waals surface area contributed by atoms with E-state index in [1.54, 1.807) is 38.1 Å². The first-order chi connectivity index (χ1) is 20.2. The second-order valence-electron chi connectivity index (χ2n) is 10.3. The van der Waals surface area contributed by atoms with Crippen LogP contribution in [0.2, 0.25) is 5.02 Å². The average molecular weight is 648 g/mol. The minimum Gasteiger partial charge on any atom is -0.367 e. The number of carbonyl (C=O) groups is 1. The second kappa shape index (κ2) is 12.9. The molecule has 0 bridgehead atoms. The van der Waals surface area contributed by atoms with Crippen LogP contribution in [0.3, 0.4) is 0 Å². The van der Waals surface area contributed by atoms with Crippen LogP contribution >= 0.6 is 11.6 Å². The molecule has 3 N–H and O–H groups in total. The summed E-state index contributed by atoms with van der Waals surface area (Å²) in [6.07, 6.45) is 3.75. The lowest BCUT2D eigenvalue weighted by Gasteiger charge is -2.36. The highest BCUT2D eigenvalue weighted by molar-refractivity contribution is 7.92. The van der Waals surface area contributed by atoms with Crippen molar-refractivity contribution >= 4 is 71.9 Å². The third-order valence-electron chi connectivity index (χ3n) is 6.89. The summed E-state index contributed by atoms with van der Waals surface area (Å²) < 4.78 is 51.2. The lowest BCUT2D eigenvalue weighted by Crippen LogP contribution is -2.48. The number of para-hydroxylation sites is 1. The molecule has 230 valence electrons. The molecular formula is C28H34ClN7O5S2. The predicted octanol–water partition coefficient (Wildman–Crippen LogP) is 4.31. The maximum atomic E-state index is 12.9. The molecule has 0 aliphatic carbocycles. The Hall–Kier alpha value is -3.72. The Kier molecular flexibility index (Phi) is 9.64. The van der Waals surface area contributed by atoms with Crippen molar-refractivity contribution in [1.82, 2.24) is 14.3 Å². The Morgan fingerprint density at radius 2 is 1.70 bits per heavy atom. The molecule has 1 aliphatic heterocycles. The molecule has 1 saturated heterocycles. The fraction of sp³-hybridized carbons (Fsp3) is 0.321. The normalized spacial score (nSPS) is 14.4. The number of aryl methyl sites for hydroxylation is 1. The van der Waals surface area contributed by atoms with E-state index in [1.165, 1.54) is 22.8 Å². The number of hydrogen-bond acceptors (Lipinski definition) is 10. The third-order valence-corrected chi connectivity index (χ3v) is 10.7. The van der Waals surface area contributed by atoms with Gasteiger partial charge in [0.05, 0.1) is 39.7 Å². The number of anilines is 6. The molecule has 0 atom stereocenters. The van der Waals surface area contributed by atoms with E-state index in [9.17, 15) is 21.6 Å². The highest BCUT2D eigenvalue weighted by Crippen LogP contribution is 2.35. The zero-order valence-electron chi connectivity index (χ0n) is 24.3. The van der Waals surface area contributed by atoms with Gasteiger partial charge < -0.3 is 20.9 Å². The number of rotatable bonds is 10. The van der Waals surface area contributed by atoms with E-state index < -0.39 is 31.0 Å². The first-order valence-electron chi connectivity index (χ1n) is 13.4. The van der Waals surface area contributed by atoms with Crippen LogP contribution in [0.15, 0.2) is 60.1 Å². The lowest BCUT2D eigenvalue weighted by molar-refractivity contribution is -0.111. The van der Waals surface area contributed by atoms with Crippen molar-refractivity contribution in [2.75, 3.05) is 53.3 Å². The zero-order valence-corrected chi connectivity index (χ0v) is 26.6. The van der Waals surface area contributed by atoms with Gasteiger partial charge in [-0.3, -0.25) is 4.79 Å². The van der Waals surface area contributed by atoms with Gasteiger partial charge in [-0.25, -0.2) is 21.8 Å². The van der Waals surface area contributed by atoms with Gasteiger partial charge in [0.2, 0.25) is 21.9 Å². The first-order valence-corrected chi connectivity index (χ1v) is 17.2. The van der Waals surface area contributed by atoms with E-state index in [-0.39, 0.29) is 21.7 Å². The topological polar surface area (TPSA) is 154 Å². The van der Waals surface area contributed by atoms with Crippen LogP contribution in [0, 0.1) is 6.92 Å². The van der Waals surface area contributed by atoms with Crippen molar-refractivity contribution in [3.05, 3.63) is 65.8 Å². The smallest absolute Gasteiger partial charge is 0.247 e. The maximum Gasteiger partial charge on any atom is 0.247 e. The van der Waals surface area contributed by atoms with Crippen LogP contribution in [0.4, 0.5) is 34.5 Å². The van der Waals surface area contributed by atoms with Gasteiger partial charge in [0.25, 0.3) is 0 Å². The molecule has 1 fully saturated rings. The molecule has 0 spiro atoms. The van der Waals surface area contributed by atoms with Crippen molar-refractivity contribution < 1.29 is 21.6 Å². The van der Waals surface area contributed by atoms with Gasteiger partial charge in [0.1, 0.15) is 5.02 Å². The highest BCUT2D eigenvalue weighted by Gasteiger charge is 2.26. The third kappa shape index (κ3) is 7.44. The van der Waals surface area contributed by atoms with Crippen LogP contribution in [-0.2, 0) is 24.7 Å². The molecule has 4 rings (SSSR count). The summed E-state index contributed by atoms with van der Waals surface area (Å²) >= 11 is 6.38. The van der Waals surface area contributed by atoms with Crippen molar-refractivity contribution in [3.8, 4) is 0 Å². The summed E-state index contributed by atoms with van der Waals surface area (Å²) in [6.45, 7) is 10.2. The molecular weight excluding hydrogens is 614 g/mol. The second-order valence-corrected chi connectivity index (χ2v) is 15.1. The number of sulfone groups is 1. The van der Waals surface area contributed by atoms with Gasteiger partial charge in [-0.05, 0) is 56.7 Å². The first kappa shape index (κ1) is 32.2. The number of sulfonamides is 1. The number of halogens is 1. The van der Waals surface area contributed by atoms with Crippen molar-refractivity contribution in [2.45, 2.75) is 30.9 Å². The van der Waals surface area contributed by atoms with E-state index in [4.69, 9.17) is 11.6 Å². The average Bonchev–Trinajstić information content (AvgIpc) is 2.96. The van der Waals surface area contributed by atoms with Crippen LogP contribution < -0.4 is 20.9 Å². The number of amides is 1. The Bertz CT molecular complexity index is 1760. The van der Waals surface area contributed by atoms with E-state index in [2.05, 4.69) is 32.5 Å². The molecule has 1 amide bonds. The molecule has 0 radical (unpaired) electrons. The van der Waals surface area contributed by atoms with Crippen molar-refractivity contribution in [2.24, 2.45) is 0 Å². The fourth-order valence-electron chi connectivity index (χ4n) is 4.47. The van der Waals surface area contributed by atoms with E-state index in [1.807, 2.05) is 17.9 Å². The van der Waals surface area contributed by atoms with E-state index >= 15 is 0 Å². The van der Waals surface area contributed by atoms with Crippen molar-refractivity contribution in [3.63, 3.8) is 0 Å². The SMILES string of the molecule is C=CC(=O)Nc1cc(Nc2ncc(Cl)c(Nc3ccccc3S(=O)(=O)C(C)C)n2)c(C)cc1N1CCN(S(C)(=O)=O)CC1. The molecule has 15 heteroatoms. The fourth-order valence-corrected chi connectivity index (χ4v) is 6.64. The summed E-state index contributed by atoms with van der Waals surface area (Å²) in [4.78, 5) is 23.2. The van der Waals surface area contributed by atoms with Crippen LogP contribution in [-0.4, -0.2) is 74.7 Å². The van der Waals surface area contributed by atoms with Gasteiger partial charge in [0, 0.05) is 31.9 Å². The molecule has 2 aromatic carbocycles. The highest BCUT2D eigenvalue weighted by atomic mass is 35.5. The summed E-state index contributed by atoms with van der Waals surface area (Å²) in [6, 6.07) is 10.1. The molecule has 43 heavy (non-hydrogen) atoms. The van der Waals surface area contributed by atoms with Gasteiger partial charge >= 0.3 is 0 Å². The molecule has 3 aromatic rings.